The lowest BCUT2D eigenvalue weighted by atomic mass is 10.2. The summed E-state index contributed by atoms with van der Waals surface area (Å²) in [5.41, 5.74) is -0.139. The second-order valence-corrected chi connectivity index (χ2v) is 3.54. The normalized spacial score (nSPS) is 10.6. The quantitative estimate of drug-likeness (QED) is 0.708. The number of rotatable bonds is 2. The Kier molecular flexibility index (Phi) is 2.81. The van der Waals surface area contributed by atoms with Gasteiger partial charge in [0.2, 0.25) is 0 Å². The molecule has 0 bridgehead atoms. The first kappa shape index (κ1) is 9.19. The Balaban J connectivity index is 3.02. The summed E-state index contributed by atoms with van der Waals surface area (Å²) < 4.78 is 2.36. The van der Waals surface area contributed by atoms with Crippen LogP contribution in [0.4, 0.5) is 0 Å². The molecule has 0 atom stereocenters. The molecule has 4 heteroatoms. The standard InChI is InChI=1S/C8H12N2OS/c1-6(2)5-10-4-3-7(11)9-8(10)12/h3-4,6H,5H2,1-2H3,(H,9,11,12). The van der Waals surface area contributed by atoms with E-state index in [1.54, 1.807) is 6.20 Å². The van der Waals surface area contributed by atoms with Crippen molar-refractivity contribution in [3.8, 4) is 0 Å². The van der Waals surface area contributed by atoms with Crippen molar-refractivity contribution < 1.29 is 0 Å². The van der Waals surface area contributed by atoms with E-state index in [2.05, 4.69) is 18.8 Å². The Labute approximate surface area is 76.1 Å². The number of aromatic amines is 1. The number of hydrogen-bond acceptors (Lipinski definition) is 2. The summed E-state index contributed by atoms with van der Waals surface area (Å²) in [6.45, 7) is 5.05. The minimum Gasteiger partial charge on any atom is -0.325 e. The zero-order valence-electron chi connectivity index (χ0n) is 7.20. The summed E-state index contributed by atoms with van der Waals surface area (Å²) in [4.78, 5) is 13.4. The number of aromatic nitrogens is 2. The Hall–Kier alpha value is -0.900. The summed E-state index contributed by atoms with van der Waals surface area (Å²) in [6, 6.07) is 1.48. The zero-order valence-corrected chi connectivity index (χ0v) is 8.02. The van der Waals surface area contributed by atoms with Crippen molar-refractivity contribution >= 4 is 12.2 Å². The van der Waals surface area contributed by atoms with Gasteiger partial charge in [-0.15, -0.1) is 0 Å². The Morgan fingerprint density at radius 3 is 2.83 bits per heavy atom. The number of nitrogens with zero attached hydrogens (tertiary/aromatic N) is 1. The maximum atomic E-state index is 10.8. The summed E-state index contributed by atoms with van der Waals surface area (Å²) in [5.74, 6) is 0.530. The first-order valence-corrected chi connectivity index (χ1v) is 4.30. The molecule has 1 aromatic heterocycles. The second kappa shape index (κ2) is 3.67. The van der Waals surface area contributed by atoms with E-state index in [4.69, 9.17) is 12.2 Å². The van der Waals surface area contributed by atoms with E-state index in [0.717, 1.165) is 6.54 Å². The van der Waals surface area contributed by atoms with Crippen LogP contribution in [0, 0.1) is 10.7 Å². The smallest absolute Gasteiger partial charge is 0.251 e. The highest BCUT2D eigenvalue weighted by molar-refractivity contribution is 7.71. The predicted octanol–water partition coefficient (Wildman–Crippen LogP) is 1.56. The summed E-state index contributed by atoms with van der Waals surface area (Å²) >= 11 is 4.97. The van der Waals surface area contributed by atoms with E-state index in [1.807, 2.05) is 4.57 Å². The van der Waals surface area contributed by atoms with Gasteiger partial charge in [0.25, 0.3) is 5.56 Å². The number of nitrogens with one attached hydrogen (secondary N) is 1. The molecule has 0 fully saturated rings. The fourth-order valence-corrected chi connectivity index (χ4v) is 1.22. The lowest BCUT2D eigenvalue weighted by Crippen LogP contribution is -2.13. The summed E-state index contributed by atoms with van der Waals surface area (Å²) in [7, 11) is 0. The van der Waals surface area contributed by atoms with Gasteiger partial charge in [0.05, 0.1) is 0 Å². The molecule has 0 aliphatic rings. The molecule has 0 saturated carbocycles. The summed E-state index contributed by atoms with van der Waals surface area (Å²) in [5, 5.41) is 0. The first-order valence-electron chi connectivity index (χ1n) is 3.89. The summed E-state index contributed by atoms with van der Waals surface area (Å²) in [6.07, 6.45) is 1.72. The van der Waals surface area contributed by atoms with Crippen molar-refractivity contribution in [2.24, 2.45) is 5.92 Å². The average Bonchev–Trinajstić information content (AvgIpc) is 1.94. The van der Waals surface area contributed by atoms with Crippen LogP contribution in [0.15, 0.2) is 17.1 Å². The Morgan fingerprint density at radius 2 is 2.33 bits per heavy atom. The SMILES string of the molecule is CC(C)Cn1ccc(=O)[nH]c1=S. The molecule has 0 saturated heterocycles. The molecular weight excluding hydrogens is 172 g/mol. The van der Waals surface area contributed by atoms with Crippen LogP contribution in [-0.4, -0.2) is 9.55 Å². The molecular formula is C8H12N2OS. The first-order chi connectivity index (χ1) is 5.59. The van der Waals surface area contributed by atoms with Gasteiger partial charge in [-0.05, 0) is 18.1 Å². The molecule has 0 unspecified atom stereocenters. The maximum absolute atomic E-state index is 10.8. The van der Waals surface area contributed by atoms with Crippen LogP contribution >= 0.6 is 12.2 Å². The van der Waals surface area contributed by atoms with Gasteiger partial charge in [-0.2, -0.15) is 0 Å². The zero-order chi connectivity index (χ0) is 9.14. The topological polar surface area (TPSA) is 37.8 Å². The molecule has 1 rings (SSSR count). The lowest BCUT2D eigenvalue weighted by Gasteiger charge is -2.07. The Bertz CT molecular complexity index is 364. The molecule has 0 aliphatic carbocycles. The van der Waals surface area contributed by atoms with Gasteiger partial charge < -0.3 is 4.57 Å². The largest absolute Gasteiger partial charge is 0.325 e. The van der Waals surface area contributed by atoms with E-state index >= 15 is 0 Å². The van der Waals surface area contributed by atoms with Gasteiger partial charge in [-0.25, -0.2) is 0 Å². The minimum atomic E-state index is -0.139. The third kappa shape index (κ3) is 2.30. The lowest BCUT2D eigenvalue weighted by molar-refractivity contribution is 0.509. The molecule has 0 aliphatic heterocycles. The highest BCUT2D eigenvalue weighted by atomic mass is 32.1. The third-order valence-corrected chi connectivity index (χ3v) is 1.80. The molecule has 0 radical (unpaired) electrons. The van der Waals surface area contributed by atoms with Crippen LogP contribution in [0.3, 0.4) is 0 Å². The predicted molar refractivity (Wildman–Crippen MR) is 50.7 cm³/mol. The van der Waals surface area contributed by atoms with Crippen molar-refractivity contribution in [2.45, 2.75) is 20.4 Å². The van der Waals surface area contributed by atoms with E-state index < -0.39 is 0 Å². The van der Waals surface area contributed by atoms with Gasteiger partial charge in [-0.1, -0.05) is 13.8 Å². The van der Waals surface area contributed by atoms with E-state index in [0.29, 0.717) is 10.7 Å². The fourth-order valence-electron chi connectivity index (χ4n) is 0.981. The van der Waals surface area contributed by atoms with Gasteiger partial charge in [0, 0.05) is 18.8 Å². The van der Waals surface area contributed by atoms with Crippen molar-refractivity contribution in [3.63, 3.8) is 0 Å². The van der Waals surface area contributed by atoms with Crippen molar-refractivity contribution in [2.75, 3.05) is 0 Å². The van der Waals surface area contributed by atoms with Crippen molar-refractivity contribution in [1.29, 1.82) is 0 Å². The van der Waals surface area contributed by atoms with E-state index in [1.165, 1.54) is 6.07 Å². The Morgan fingerprint density at radius 1 is 1.67 bits per heavy atom. The van der Waals surface area contributed by atoms with Crippen LogP contribution < -0.4 is 5.56 Å². The van der Waals surface area contributed by atoms with Crippen LogP contribution in [0.5, 0.6) is 0 Å². The molecule has 0 aromatic carbocycles. The average molecular weight is 184 g/mol. The van der Waals surface area contributed by atoms with Crippen LogP contribution in [0.1, 0.15) is 13.8 Å². The molecule has 0 spiro atoms. The van der Waals surface area contributed by atoms with E-state index in [9.17, 15) is 4.79 Å². The minimum absolute atomic E-state index is 0.139. The second-order valence-electron chi connectivity index (χ2n) is 3.16. The molecule has 12 heavy (non-hydrogen) atoms. The van der Waals surface area contributed by atoms with Gasteiger partial charge >= 0.3 is 0 Å². The van der Waals surface area contributed by atoms with Crippen LogP contribution in [-0.2, 0) is 6.54 Å². The van der Waals surface area contributed by atoms with Crippen molar-refractivity contribution in [3.05, 3.63) is 27.4 Å². The monoisotopic (exact) mass is 184 g/mol. The fraction of sp³-hybridized carbons (Fsp3) is 0.500. The van der Waals surface area contributed by atoms with Crippen molar-refractivity contribution in [1.82, 2.24) is 9.55 Å². The number of H-pyrrole nitrogens is 1. The maximum Gasteiger partial charge on any atom is 0.251 e. The molecule has 1 N–H and O–H groups in total. The third-order valence-electron chi connectivity index (χ3n) is 1.46. The molecule has 1 heterocycles. The molecule has 66 valence electrons. The van der Waals surface area contributed by atoms with Gasteiger partial charge in [0.15, 0.2) is 4.77 Å². The highest BCUT2D eigenvalue weighted by Gasteiger charge is 1.96. The van der Waals surface area contributed by atoms with Gasteiger partial charge in [-0.3, -0.25) is 9.78 Å². The molecule has 0 amide bonds. The highest BCUT2D eigenvalue weighted by Crippen LogP contribution is 1.97. The van der Waals surface area contributed by atoms with E-state index in [-0.39, 0.29) is 5.56 Å². The van der Waals surface area contributed by atoms with Crippen LogP contribution in [0.25, 0.3) is 0 Å². The number of hydrogen-bond donors (Lipinski definition) is 1. The van der Waals surface area contributed by atoms with Gasteiger partial charge in [0.1, 0.15) is 0 Å². The molecule has 3 nitrogen and oxygen atoms in total. The molecule has 1 aromatic rings. The van der Waals surface area contributed by atoms with Crippen LogP contribution in [0.2, 0.25) is 0 Å².